The fraction of sp³-hybridized carbons (Fsp3) is 0.400. The van der Waals surface area contributed by atoms with Crippen LogP contribution in [0.4, 0.5) is 0 Å². The molecule has 2 rings (SSSR count). The first-order valence-electron chi connectivity index (χ1n) is 8.21. The molecule has 0 heterocycles. The highest BCUT2D eigenvalue weighted by molar-refractivity contribution is 6.35. The molecule has 1 aliphatic rings. The Kier molecular flexibility index (Phi) is 5.36. The van der Waals surface area contributed by atoms with Crippen LogP contribution in [-0.2, 0) is 9.59 Å². The van der Waals surface area contributed by atoms with Crippen molar-refractivity contribution in [1.82, 2.24) is 0 Å². The second kappa shape index (κ2) is 7.13. The van der Waals surface area contributed by atoms with E-state index in [1.165, 1.54) is 13.2 Å². The van der Waals surface area contributed by atoms with Gasteiger partial charge in [-0.2, -0.15) is 0 Å². The SMILES string of the molecule is COc1cccc2c1C(=O)C(C(=O)CCCC(=O)C(C)(C)C)=CC2=O. The van der Waals surface area contributed by atoms with Crippen molar-refractivity contribution in [2.75, 3.05) is 7.11 Å². The van der Waals surface area contributed by atoms with E-state index < -0.39 is 17.0 Å². The Morgan fingerprint density at radius 1 is 1.08 bits per heavy atom. The Bertz CT molecular complexity index is 778. The van der Waals surface area contributed by atoms with Gasteiger partial charge in [-0.3, -0.25) is 19.2 Å². The summed E-state index contributed by atoms with van der Waals surface area (Å²) < 4.78 is 5.15. The summed E-state index contributed by atoms with van der Waals surface area (Å²) in [5.74, 6) is -0.970. The maximum Gasteiger partial charge on any atom is 0.201 e. The van der Waals surface area contributed by atoms with E-state index in [1.807, 2.05) is 20.8 Å². The van der Waals surface area contributed by atoms with Crippen LogP contribution in [0.3, 0.4) is 0 Å². The molecule has 25 heavy (non-hydrogen) atoms. The van der Waals surface area contributed by atoms with Crippen LogP contribution < -0.4 is 4.74 Å². The van der Waals surface area contributed by atoms with E-state index in [2.05, 4.69) is 0 Å². The van der Waals surface area contributed by atoms with E-state index in [9.17, 15) is 19.2 Å². The third-order valence-electron chi connectivity index (χ3n) is 4.20. The summed E-state index contributed by atoms with van der Waals surface area (Å²) in [5.41, 5.74) is -0.216. The van der Waals surface area contributed by atoms with E-state index in [-0.39, 0.29) is 46.9 Å². The third-order valence-corrected chi connectivity index (χ3v) is 4.20. The summed E-state index contributed by atoms with van der Waals surface area (Å²) in [6.07, 6.45) is 1.77. The number of benzene rings is 1. The zero-order chi connectivity index (χ0) is 18.8. The van der Waals surface area contributed by atoms with Crippen molar-refractivity contribution >= 4 is 23.1 Å². The van der Waals surface area contributed by atoms with Crippen molar-refractivity contribution in [1.29, 1.82) is 0 Å². The highest BCUT2D eigenvalue weighted by Crippen LogP contribution is 2.30. The van der Waals surface area contributed by atoms with E-state index in [1.54, 1.807) is 12.1 Å². The minimum Gasteiger partial charge on any atom is -0.496 e. The van der Waals surface area contributed by atoms with Crippen LogP contribution in [0, 0.1) is 5.41 Å². The first kappa shape index (κ1) is 18.8. The molecule has 0 bridgehead atoms. The first-order chi connectivity index (χ1) is 11.7. The number of carbonyl (C=O) groups is 4. The molecule has 0 aliphatic heterocycles. The van der Waals surface area contributed by atoms with Gasteiger partial charge in [0.2, 0.25) is 5.78 Å². The summed E-state index contributed by atoms with van der Waals surface area (Å²) in [6, 6.07) is 4.75. The van der Waals surface area contributed by atoms with Crippen molar-refractivity contribution in [3.05, 3.63) is 41.0 Å². The Labute approximate surface area is 147 Å². The van der Waals surface area contributed by atoms with Crippen molar-refractivity contribution in [2.45, 2.75) is 40.0 Å². The van der Waals surface area contributed by atoms with E-state index >= 15 is 0 Å². The molecule has 0 radical (unpaired) electrons. The number of hydrogen-bond acceptors (Lipinski definition) is 5. The summed E-state index contributed by atoms with van der Waals surface area (Å²) in [7, 11) is 1.41. The van der Waals surface area contributed by atoms with Gasteiger partial charge in [-0.1, -0.05) is 32.9 Å². The lowest BCUT2D eigenvalue weighted by Crippen LogP contribution is -2.23. The molecular formula is C20H22O5. The number of methoxy groups -OCH3 is 1. The van der Waals surface area contributed by atoms with Gasteiger partial charge in [0.1, 0.15) is 11.5 Å². The fourth-order valence-electron chi connectivity index (χ4n) is 2.68. The standard InChI is InChI=1S/C20H22O5/c1-20(2,3)17(23)10-6-8-14(21)13-11-15(22)12-7-5-9-16(25-4)18(12)19(13)24/h5,7,9,11H,6,8,10H2,1-4H3. The van der Waals surface area contributed by atoms with Gasteiger partial charge in [0.15, 0.2) is 11.6 Å². The number of ketones is 4. The molecular weight excluding hydrogens is 320 g/mol. The molecule has 0 unspecified atom stereocenters. The zero-order valence-corrected chi connectivity index (χ0v) is 15.0. The zero-order valence-electron chi connectivity index (χ0n) is 15.0. The van der Waals surface area contributed by atoms with Crippen LogP contribution in [0.2, 0.25) is 0 Å². The van der Waals surface area contributed by atoms with Crippen molar-refractivity contribution in [3.63, 3.8) is 0 Å². The van der Waals surface area contributed by atoms with Gasteiger partial charge < -0.3 is 4.74 Å². The monoisotopic (exact) mass is 342 g/mol. The van der Waals surface area contributed by atoms with E-state index in [4.69, 9.17) is 4.74 Å². The number of carbonyl (C=O) groups excluding carboxylic acids is 4. The van der Waals surface area contributed by atoms with E-state index in [0.717, 1.165) is 6.08 Å². The van der Waals surface area contributed by atoms with Gasteiger partial charge in [0.05, 0.1) is 18.2 Å². The average Bonchev–Trinajstić information content (AvgIpc) is 2.56. The minimum absolute atomic E-state index is 0.0527. The lowest BCUT2D eigenvalue weighted by Gasteiger charge is -2.18. The predicted molar refractivity (Wildman–Crippen MR) is 93.1 cm³/mol. The highest BCUT2D eigenvalue weighted by Gasteiger charge is 2.32. The maximum absolute atomic E-state index is 12.7. The Morgan fingerprint density at radius 3 is 2.36 bits per heavy atom. The van der Waals surface area contributed by atoms with Crippen LogP contribution in [0.1, 0.15) is 60.7 Å². The van der Waals surface area contributed by atoms with Gasteiger partial charge in [-0.05, 0) is 12.5 Å². The number of ether oxygens (including phenoxy) is 1. The number of fused-ring (bicyclic) bond motifs is 1. The molecule has 0 spiro atoms. The molecule has 1 aliphatic carbocycles. The van der Waals surface area contributed by atoms with Crippen LogP contribution in [0.15, 0.2) is 29.8 Å². The highest BCUT2D eigenvalue weighted by atomic mass is 16.5. The minimum atomic E-state index is -0.501. The quantitative estimate of drug-likeness (QED) is 0.741. The number of hydrogen-bond donors (Lipinski definition) is 0. The molecule has 0 amide bonds. The van der Waals surface area contributed by atoms with Crippen LogP contribution >= 0.6 is 0 Å². The Morgan fingerprint density at radius 2 is 1.76 bits per heavy atom. The summed E-state index contributed by atoms with van der Waals surface area (Å²) in [5, 5.41) is 0. The summed E-state index contributed by atoms with van der Waals surface area (Å²) in [6.45, 7) is 5.48. The average molecular weight is 342 g/mol. The molecule has 132 valence electrons. The summed E-state index contributed by atoms with van der Waals surface area (Å²) >= 11 is 0. The van der Waals surface area contributed by atoms with Crippen molar-refractivity contribution < 1.29 is 23.9 Å². The molecule has 5 heteroatoms. The molecule has 0 aromatic heterocycles. The summed E-state index contributed by atoms with van der Waals surface area (Å²) in [4.78, 5) is 49.2. The van der Waals surface area contributed by atoms with Crippen LogP contribution in [0.25, 0.3) is 0 Å². The first-order valence-corrected chi connectivity index (χ1v) is 8.21. The van der Waals surface area contributed by atoms with Crippen molar-refractivity contribution in [3.8, 4) is 5.75 Å². The Balaban J connectivity index is 2.15. The fourth-order valence-corrected chi connectivity index (χ4v) is 2.68. The van der Waals surface area contributed by atoms with Gasteiger partial charge in [-0.15, -0.1) is 0 Å². The lowest BCUT2D eigenvalue weighted by molar-refractivity contribution is -0.126. The maximum atomic E-state index is 12.7. The molecule has 1 aromatic carbocycles. The molecule has 1 aromatic rings. The molecule has 0 fully saturated rings. The van der Waals surface area contributed by atoms with Crippen molar-refractivity contribution in [2.24, 2.45) is 5.41 Å². The van der Waals surface area contributed by atoms with Gasteiger partial charge in [0, 0.05) is 29.9 Å². The smallest absolute Gasteiger partial charge is 0.201 e. The normalized spacial score (nSPS) is 14.0. The second-order valence-electron chi connectivity index (χ2n) is 7.08. The third kappa shape index (κ3) is 3.92. The predicted octanol–water partition coefficient (Wildman–Crippen LogP) is 3.36. The van der Waals surface area contributed by atoms with Gasteiger partial charge in [0.25, 0.3) is 0 Å². The lowest BCUT2D eigenvalue weighted by atomic mass is 9.85. The number of Topliss-reactive ketones (excluding diaryl/α,β-unsaturated/α-hetero) is 3. The van der Waals surface area contributed by atoms with E-state index in [0.29, 0.717) is 6.42 Å². The van der Waals surface area contributed by atoms with Gasteiger partial charge >= 0.3 is 0 Å². The second-order valence-corrected chi connectivity index (χ2v) is 7.08. The molecule has 5 nitrogen and oxygen atoms in total. The number of rotatable bonds is 6. The Hall–Kier alpha value is -2.56. The number of allylic oxidation sites excluding steroid dienone is 2. The molecule has 0 saturated heterocycles. The molecule has 0 saturated carbocycles. The largest absolute Gasteiger partial charge is 0.496 e. The van der Waals surface area contributed by atoms with Crippen LogP contribution in [0.5, 0.6) is 5.75 Å². The molecule has 0 atom stereocenters. The van der Waals surface area contributed by atoms with Gasteiger partial charge in [-0.25, -0.2) is 0 Å². The topological polar surface area (TPSA) is 77.5 Å². The molecule has 0 N–H and O–H groups in total. The van der Waals surface area contributed by atoms with Crippen LogP contribution in [-0.4, -0.2) is 30.2 Å².